The number of benzene rings is 1. The molecular formula is C23H24ClF3N2O7. The Labute approximate surface area is 209 Å². The lowest BCUT2D eigenvalue weighted by Gasteiger charge is -2.41. The smallest absolute Gasteiger partial charge is 0.497 e. The quantitative estimate of drug-likeness (QED) is 0.375. The number of piperidine rings is 1. The van der Waals surface area contributed by atoms with Crippen LogP contribution < -0.4 is 14.2 Å². The van der Waals surface area contributed by atoms with Gasteiger partial charge in [-0.05, 0) is 18.2 Å². The maximum atomic E-state index is 13.3. The molecule has 2 saturated heterocycles. The molecule has 2 aliphatic heterocycles. The molecule has 0 aliphatic carbocycles. The zero-order valence-corrected chi connectivity index (χ0v) is 20.2. The number of carbonyl (C=O) groups excluding carboxylic acids is 1. The zero-order valence-electron chi connectivity index (χ0n) is 19.5. The van der Waals surface area contributed by atoms with E-state index in [1.165, 1.54) is 32.4 Å². The van der Waals surface area contributed by atoms with E-state index < -0.39 is 24.7 Å². The van der Waals surface area contributed by atoms with Crippen molar-refractivity contribution in [1.82, 2.24) is 9.88 Å². The predicted molar refractivity (Wildman–Crippen MR) is 119 cm³/mol. The fourth-order valence-electron chi connectivity index (χ4n) is 4.25. The van der Waals surface area contributed by atoms with Gasteiger partial charge in [0.1, 0.15) is 36.0 Å². The number of aromatic nitrogens is 1. The van der Waals surface area contributed by atoms with E-state index >= 15 is 0 Å². The lowest BCUT2D eigenvalue weighted by molar-refractivity contribution is -0.325. The van der Waals surface area contributed by atoms with Gasteiger partial charge in [0.25, 0.3) is 5.91 Å². The van der Waals surface area contributed by atoms with Gasteiger partial charge in [-0.25, -0.2) is 4.98 Å². The largest absolute Gasteiger partial charge is 0.522 e. The zero-order chi connectivity index (χ0) is 25.9. The lowest BCUT2D eigenvalue weighted by atomic mass is 9.84. The Kier molecular flexibility index (Phi) is 7.79. The molecule has 9 nitrogen and oxygen atoms in total. The molecule has 196 valence electrons. The molecular weight excluding hydrogens is 509 g/mol. The summed E-state index contributed by atoms with van der Waals surface area (Å²) in [5, 5.41) is 0.255. The number of methoxy groups -OCH3 is 2. The molecule has 1 amide bonds. The van der Waals surface area contributed by atoms with Gasteiger partial charge in [0.05, 0.1) is 33.1 Å². The van der Waals surface area contributed by atoms with Gasteiger partial charge in [0.15, 0.2) is 11.5 Å². The number of hydrogen-bond acceptors (Lipinski definition) is 8. The van der Waals surface area contributed by atoms with Crippen molar-refractivity contribution in [2.75, 3.05) is 47.3 Å². The number of rotatable bonds is 8. The van der Waals surface area contributed by atoms with Crippen LogP contribution in [0.3, 0.4) is 0 Å². The normalized spacial score (nSPS) is 21.7. The summed E-state index contributed by atoms with van der Waals surface area (Å²) in [5.74, 6) is 0.647. The van der Waals surface area contributed by atoms with Crippen LogP contribution in [-0.2, 0) is 19.8 Å². The Bertz CT molecular complexity index is 1100. The Balaban J connectivity index is 1.45. The summed E-state index contributed by atoms with van der Waals surface area (Å²) in [5.41, 5.74) is 0.0156. The maximum absolute atomic E-state index is 13.3. The van der Waals surface area contributed by atoms with E-state index in [9.17, 15) is 18.0 Å². The van der Waals surface area contributed by atoms with E-state index in [2.05, 4.69) is 9.72 Å². The first-order chi connectivity index (χ1) is 17.1. The van der Waals surface area contributed by atoms with Crippen LogP contribution in [0.5, 0.6) is 17.2 Å². The van der Waals surface area contributed by atoms with E-state index in [0.29, 0.717) is 30.0 Å². The third kappa shape index (κ3) is 5.61. The first kappa shape index (κ1) is 26.3. The molecule has 2 atom stereocenters. The Morgan fingerprint density at radius 2 is 2.00 bits per heavy atom. The molecule has 36 heavy (non-hydrogen) atoms. The topological polar surface area (TPSA) is 88.6 Å². The number of halogens is 4. The maximum Gasteiger partial charge on any atom is 0.522 e. The second kappa shape index (κ2) is 10.7. The van der Waals surface area contributed by atoms with E-state index in [1.807, 2.05) is 0 Å². The van der Waals surface area contributed by atoms with Crippen LogP contribution >= 0.6 is 11.6 Å². The number of likely N-dealkylation sites (tertiary alicyclic amines) is 1. The Hall–Kier alpha value is -2.80. The summed E-state index contributed by atoms with van der Waals surface area (Å²) in [6.45, 7) is -0.394. The first-order valence-corrected chi connectivity index (χ1v) is 11.3. The number of nitrogens with zero attached hydrogens (tertiary/aromatic N) is 2. The van der Waals surface area contributed by atoms with Crippen molar-refractivity contribution in [2.45, 2.75) is 24.5 Å². The summed E-state index contributed by atoms with van der Waals surface area (Å²) in [4.78, 5) is 19.3. The Morgan fingerprint density at radius 1 is 1.19 bits per heavy atom. The molecule has 0 bridgehead atoms. The van der Waals surface area contributed by atoms with Crippen LogP contribution in [0.15, 0.2) is 30.3 Å². The average Bonchev–Trinajstić information content (AvgIpc) is 3.29. The summed E-state index contributed by atoms with van der Waals surface area (Å²) in [7, 11) is 2.90. The van der Waals surface area contributed by atoms with E-state index in [4.69, 9.17) is 35.3 Å². The fourth-order valence-corrected chi connectivity index (χ4v) is 4.44. The minimum atomic E-state index is -4.74. The second-order valence-electron chi connectivity index (χ2n) is 8.03. The van der Waals surface area contributed by atoms with Gasteiger partial charge in [-0.1, -0.05) is 11.6 Å². The third-order valence-corrected chi connectivity index (χ3v) is 6.18. The van der Waals surface area contributed by atoms with Gasteiger partial charge >= 0.3 is 6.36 Å². The number of alkyl halides is 3. The molecule has 2 aromatic rings. The monoisotopic (exact) mass is 532 g/mol. The lowest BCUT2D eigenvalue weighted by Crippen LogP contribution is -2.53. The molecule has 1 aromatic carbocycles. The molecule has 2 aliphatic rings. The van der Waals surface area contributed by atoms with Crippen LogP contribution in [0, 0.1) is 0 Å². The SMILES string of the molecule is COc1cc(Cl)nc([C@]23CCN(C(=O)c4ccc(OCCOC(F)(F)F)c(OC)c4)C[C@H]2OCO3)c1. The summed E-state index contributed by atoms with van der Waals surface area (Å²) in [6.07, 6.45) is -4.81. The van der Waals surface area contributed by atoms with Crippen LogP contribution in [0.25, 0.3) is 0 Å². The van der Waals surface area contributed by atoms with E-state index in [1.54, 1.807) is 17.0 Å². The summed E-state index contributed by atoms with van der Waals surface area (Å²) < 4.78 is 67.7. The van der Waals surface area contributed by atoms with Crippen LogP contribution in [0.1, 0.15) is 22.5 Å². The highest BCUT2D eigenvalue weighted by Crippen LogP contribution is 2.43. The van der Waals surface area contributed by atoms with Gasteiger partial charge < -0.3 is 28.6 Å². The molecule has 3 heterocycles. The van der Waals surface area contributed by atoms with Crippen molar-refractivity contribution in [1.29, 1.82) is 0 Å². The predicted octanol–water partition coefficient (Wildman–Crippen LogP) is 3.78. The van der Waals surface area contributed by atoms with Crippen LogP contribution in [0.4, 0.5) is 13.2 Å². The standard InChI is InChI=1S/C23H24ClF3N2O7/c1-31-15-10-18(28-20(24)11-15)22-5-6-29(12-19(22)34-13-36-22)21(30)14-3-4-16(17(9-14)32-2)33-7-8-35-23(25,26)27/h3-4,9-11,19H,5-8,12-13H2,1-2H3/t19-,22-/m1/s1. The van der Waals surface area contributed by atoms with Gasteiger partial charge in [0.2, 0.25) is 0 Å². The van der Waals surface area contributed by atoms with Crippen molar-refractivity contribution < 1.29 is 46.4 Å². The number of carbonyl (C=O) groups is 1. The highest BCUT2D eigenvalue weighted by Gasteiger charge is 2.52. The molecule has 1 aromatic heterocycles. The molecule has 0 unspecified atom stereocenters. The van der Waals surface area contributed by atoms with Crippen molar-refractivity contribution in [3.8, 4) is 17.2 Å². The molecule has 4 rings (SSSR count). The second-order valence-corrected chi connectivity index (χ2v) is 8.42. The molecule has 2 fully saturated rings. The molecule has 0 radical (unpaired) electrons. The molecule has 13 heteroatoms. The third-order valence-electron chi connectivity index (χ3n) is 5.99. The van der Waals surface area contributed by atoms with Crippen molar-refractivity contribution in [2.24, 2.45) is 0 Å². The van der Waals surface area contributed by atoms with E-state index in [-0.39, 0.29) is 42.5 Å². The Morgan fingerprint density at radius 3 is 2.72 bits per heavy atom. The van der Waals surface area contributed by atoms with Gasteiger partial charge in [-0.3, -0.25) is 9.53 Å². The van der Waals surface area contributed by atoms with Crippen LogP contribution in [-0.4, -0.2) is 75.6 Å². The number of pyridine rings is 1. The molecule has 0 N–H and O–H groups in total. The van der Waals surface area contributed by atoms with Crippen LogP contribution in [0.2, 0.25) is 5.15 Å². The van der Waals surface area contributed by atoms with Gasteiger partial charge in [-0.15, -0.1) is 13.2 Å². The van der Waals surface area contributed by atoms with Gasteiger partial charge in [0, 0.05) is 30.7 Å². The van der Waals surface area contributed by atoms with Crippen molar-refractivity contribution in [3.05, 3.63) is 46.7 Å². The highest BCUT2D eigenvalue weighted by atomic mass is 35.5. The van der Waals surface area contributed by atoms with E-state index in [0.717, 1.165) is 0 Å². The minimum Gasteiger partial charge on any atom is -0.497 e. The molecule has 0 saturated carbocycles. The minimum absolute atomic E-state index is 0.0428. The molecule has 0 spiro atoms. The summed E-state index contributed by atoms with van der Waals surface area (Å²) >= 11 is 6.16. The van der Waals surface area contributed by atoms with Crippen molar-refractivity contribution in [3.63, 3.8) is 0 Å². The van der Waals surface area contributed by atoms with Crippen molar-refractivity contribution >= 4 is 17.5 Å². The number of amides is 1. The fraction of sp³-hybridized carbons (Fsp3) is 0.478. The highest BCUT2D eigenvalue weighted by molar-refractivity contribution is 6.29. The average molecular weight is 533 g/mol. The number of fused-ring (bicyclic) bond motifs is 1. The van der Waals surface area contributed by atoms with Gasteiger partial charge in [-0.2, -0.15) is 0 Å². The summed E-state index contributed by atoms with van der Waals surface area (Å²) in [6, 6.07) is 7.79. The first-order valence-electron chi connectivity index (χ1n) is 10.9. The number of hydrogen-bond donors (Lipinski definition) is 0. The number of ether oxygens (including phenoxy) is 6.